The van der Waals surface area contributed by atoms with E-state index in [-0.39, 0.29) is 11.4 Å². The molecule has 3 N–H and O–H groups in total. The largest absolute Gasteiger partial charge is 0.438 e. The van der Waals surface area contributed by atoms with Crippen LogP contribution in [0.15, 0.2) is 113 Å². The Bertz CT molecular complexity index is 2340. The lowest BCUT2D eigenvalue weighted by Crippen LogP contribution is -2.29. The van der Waals surface area contributed by atoms with Crippen LogP contribution in [0.5, 0.6) is 11.6 Å². The number of carbonyl (C=O) groups is 1. The molecular weight excluding hydrogens is 601 g/mol. The fourth-order valence-electron chi connectivity index (χ4n) is 5.33. The Hall–Kier alpha value is -6.56. The summed E-state index contributed by atoms with van der Waals surface area (Å²) in [5.41, 5.74) is 10.1. The molecule has 1 amide bonds. The minimum Gasteiger partial charge on any atom is -0.438 e. The van der Waals surface area contributed by atoms with E-state index in [4.69, 9.17) is 14.9 Å². The molecule has 7 aromatic rings. The molecule has 0 aliphatic carbocycles. The highest BCUT2D eigenvalue weighted by Crippen LogP contribution is 2.44. The molecule has 4 aromatic heterocycles. The molecule has 0 aliphatic heterocycles. The van der Waals surface area contributed by atoms with Crippen LogP contribution >= 0.6 is 0 Å². The number of aryl methyl sites for hydroxylation is 2. The second-order valence-electron chi connectivity index (χ2n) is 10.8. The molecule has 0 bridgehead atoms. The monoisotopic (exact) mass is 627 g/mol. The summed E-state index contributed by atoms with van der Waals surface area (Å²) < 4.78 is 29.0. The Labute approximate surface area is 266 Å². The van der Waals surface area contributed by atoms with Gasteiger partial charge in [-0.25, -0.2) is 14.4 Å². The molecule has 4 heterocycles. The van der Waals surface area contributed by atoms with Crippen molar-refractivity contribution >= 4 is 28.4 Å². The molecule has 12 heteroatoms. The van der Waals surface area contributed by atoms with Gasteiger partial charge in [-0.05, 0) is 85.3 Å². The van der Waals surface area contributed by atoms with Gasteiger partial charge in [0.25, 0.3) is 11.5 Å². The van der Waals surface area contributed by atoms with Gasteiger partial charge in [-0.15, -0.1) is 0 Å². The number of hydrogen-bond donors (Lipinski definition) is 2. The molecule has 0 unspecified atom stereocenters. The summed E-state index contributed by atoms with van der Waals surface area (Å²) in [7, 11) is 1.82. The van der Waals surface area contributed by atoms with E-state index in [2.05, 4.69) is 20.4 Å². The first-order valence-corrected chi connectivity index (χ1v) is 14.5. The number of benzene rings is 3. The van der Waals surface area contributed by atoms with Gasteiger partial charge in [0, 0.05) is 41.6 Å². The number of nitrogens with one attached hydrogen (secondary N) is 1. The zero-order valence-electron chi connectivity index (χ0n) is 25.1. The number of nitrogen functional groups attached to an aromatic ring is 1. The number of furan rings is 1. The van der Waals surface area contributed by atoms with Crippen molar-refractivity contribution in [1.82, 2.24) is 24.3 Å². The molecular formula is C35H26FN7O4. The number of amides is 1. The van der Waals surface area contributed by atoms with Gasteiger partial charge in [0.1, 0.15) is 34.6 Å². The first-order valence-electron chi connectivity index (χ1n) is 14.5. The third kappa shape index (κ3) is 5.59. The van der Waals surface area contributed by atoms with E-state index in [1.54, 1.807) is 54.2 Å². The van der Waals surface area contributed by atoms with E-state index in [0.29, 0.717) is 50.9 Å². The zero-order valence-corrected chi connectivity index (χ0v) is 25.1. The first kappa shape index (κ1) is 29.2. The maximum absolute atomic E-state index is 13.5. The summed E-state index contributed by atoms with van der Waals surface area (Å²) in [5.74, 6) is 0.205. The van der Waals surface area contributed by atoms with Gasteiger partial charge in [0.2, 0.25) is 11.6 Å². The number of ether oxygens (including phenoxy) is 1. The van der Waals surface area contributed by atoms with Crippen molar-refractivity contribution in [2.45, 2.75) is 6.92 Å². The van der Waals surface area contributed by atoms with Crippen molar-refractivity contribution in [2.24, 2.45) is 7.05 Å². The zero-order chi connectivity index (χ0) is 32.7. The number of nitrogens with zero attached hydrogens (tertiary/aromatic N) is 5. The van der Waals surface area contributed by atoms with Crippen molar-refractivity contribution in [1.29, 1.82) is 0 Å². The van der Waals surface area contributed by atoms with E-state index in [0.717, 1.165) is 11.1 Å². The Balaban J connectivity index is 1.18. The number of fused-ring (bicyclic) bond motifs is 1. The van der Waals surface area contributed by atoms with Crippen LogP contribution in [-0.4, -0.2) is 30.2 Å². The maximum Gasteiger partial charge on any atom is 0.268 e. The van der Waals surface area contributed by atoms with Crippen molar-refractivity contribution in [3.05, 3.63) is 131 Å². The van der Waals surface area contributed by atoms with Crippen LogP contribution < -0.4 is 21.3 Å². The lowest BCUT2D eigenvalue weighted by atomic mass is 10.0. The molecule has 0 saturated heterocycles. The van der Waals surface area contributed by atoms with E-state index in [1.807, 2.05) is 31.4 Å². The van der Waals surface area contributed by atoms with Crippen LogP contribution in [0, 0.1) is 12.7 Å². The number of anilines is 2. The smallest absolute Gasteiger partial charge is 0.268 e. The molecule has 0 saturated carbocycles. The van der Waals surface area contributed by atoms with Crippen molar-refractivity contribution in [3.63, 3.8) is 0 Å². The van der Waals surface area contributed by atoms with Crippen molar-refractivity contribution < 1.29 is 18.3 Å². The van der Waals surface area contributed by atoms with Gasteiger partial charge in [-0.3, -0.25) is 18.8 Å². The number of halogens is 1. The molecule has 47 heavy (non-hydrogen) atoms. The second-order valence-corrected chi connectivity index (χ2v) is 10.8. The minimum atomic E-state index is -0.592. The lowest BCUT2D eigenvalue weighted by Gasteiger charge is -2.12. The molecule has 0 spiro atoms. The van der Waals surface area contributed by atoms with Crippen LogP contribution in [0.1, 0.15) is 16.1 Å². The van der Waals surface area contributed by atoms with Gasteiger partial charge in [0.15, 0.2) is 0 Å². The Kier molecular flexibility index (Phi) is 7.29. The van der Waals surface area contributed by atoms with Gasteiger partial charge in [-0.1, -0.05) is 12.1 Å². The van der Waals surface area contributed by atoms with Gasteiger partial charge < -0.3 is 20.2 Å². The standard InChI is InChI=1S/C35H26FN7O4/c1-20-6-15-28(35(45)43(20)26-11-7-23(36)8-12-26)32(44)41-25-9-13-27(14-10-25)46-33-30-29(21-4-3-5-24(37)16-21)31(22-17-40-42(2)18-22)47-34(30)39-19-38-33/h3-19H,37H2,1-2H3,(H,41,44). The molecule has 0 atom stereocenters. The SMILES string of the molecule is Cc1ccc(C(=O)Nc2ccc(Oc3ncnc4oc(-c5cnn(C)c5)c(-c5cccc(N)c5)c34)cc2)c(=O)n1-c1ccc(F)cc1. The molecule has 0 fully saturated rings. The van der Waals surface area contributed by atoms with E-state index in [9.17, 15) is 14.0 Å². The normalized spacial score (nSPS) is 11.1. The highest BCUT2D eigenvalue weighted by molar-refractivity contribution is 6.04. The van der Waals surface area contributed by atoms with E-state index in [1.165, 1.54) is 41.2 Å². The Morgan fingerprint density at radius 2 is 1.77 bits per heavy atom. The summed E-state index contributed by atoms with van der Waals surface area (Å²) in [6, 6.07) is 22.6. The maximum atomic E-state index is 13.5. The molecule has 232 valence electrons. The Morgan fingerprint density at radius 3 is 2.49 bits per heavy atom. The van der Waals surface area contributed by atoms with Crippen molar-refractivity contribution in [3.8, 4) is 39.8 Å². The number of rotatable bonds is 7. The molecule has 3 aromatic carbocycles. The topological polar surface area (TPSA) is 143 Å². The number of carbonyl (C=O) groups excluding carboxylic acids is 1. The second kappa shape index (κ2) is 11.7. The highest BCUT2D eigenvalue weighted by atomic mass is 19.1. The average Bonchev–Trinajstić information content (AvgIpc) is 3.67. The van der Waals surface area contributed by atoms with E-state index < -0.39 is 17.3 Å². The van der Waals surface area contributed by atoms with Crippen LogP contribution in [0.2, 0.25) is 0 Å². The number of aromatic nitrogens is 5. The summed E-state index contributed by atoms with van der Waals surface area (Å²) >= 11 is 0. The van der Waals surface area contributed by atoms with Crippen LogP contribution in [0.3, 0.4) is 0 Å². The molecule has 7 rings (SSSR count). The summed E-state index contributed by atoms with van der Waals surface area (Å²) in [6.45, 7) is 1.73. The van der Waals surface area contributed by atoms with Gasteiger partial charge in [-0.2, -0.15) is 5.10 Å². The van der Waals surface area contributed by atoms with Crippen LogP contribution in [-0.2, 0) is 7.05 Å². The molecule has 11 nitrogen and oxygen atoms in total. The van der Waals surface area contributed by atoms with Crippen LogP contribution in [0.25, 0.3) is 39.2 Å². The first-order chi connectivity index (χ1) is 22.7. The number of hydrogen-bond acceptors (Lipinski definition) is 8. The summed E-state index contributed by atoms with van der Waals surface area (Å²) in [5, 5.41) is 7.59. The predicted octanol–water partition coefficient (Wildman–Crippen LogP) is 6.52. The predicted molar refractivity (Wildman–Crippen MR) is 175 cm³/mol. The minimum absolute atomic E-state index is 0.0675. The fourth-order valence-corrected chi connectivity index (χ4v) is 5.33. The van der Waals surface area contributed by atoms with Crippen molar-refractivity contribution in [2.75, 3.05) is 11.1 Å². The third-order valence-electron chi connectivity index (χ3n) is 7.53. The van der Waals surface area contributed by atoms with E-state index >= 15 is 0 Å². The van der Waals surface area contributed by atoms with Gasteiger partial charge >= 0.3 is 0 Å². The lowest BCUT2D eigenvalue weighted by molar-refractivity contribution is 0.102. The molecule has 0 radical (unpaired) electrons. The highest BCUT2D eigenvalue weighted by Gasteiger charge is 2.24. The Morgan fingerprint density at radius 1 is 0.979 bits per heavy atom. The average molecular weight is 628 g/mol. The number of nitrogens with two attached hydrogens (primary N) is 1. The van der Waals surface area contributed by atoms with Gasteiger partial charge in [0.05, 0.1) is 11.8 Å². The fraction of sp³-hybridized carbons (Fsp3) is 0.0571. The third-order valence-corrected chi connectivity index (χ3v) is 7.53. The quantitative estimate of drug-likeness (QED) is 0.190. The summed E-state index contributed by atoms with van der Waals surface area (Å²) in [4.78, 5) is 35.2. The number of pyridine rings is 1. The van der Waals surface area contributed by atoms with Crippen LogP contribution in [0.4, 0.5) is 15.8 Å². The summed E-state index contributed by atoms with van der Waals surface area (Å²) in [6.07, 6.45) is 4.89. The molecule has 0 aliphatic rings.